The van der Waals surface area contributed by atoms with Crippen LogP contribution in [0.1, 0.15) is 25.0 Å². The Hall–Kier alpha value is -2.83. The van der Waals surface area contributed by atoms with Crippen LogP contribution < -0.4 is 10.1 Å². The zero-order valence-corrected chi connectivity index (χ0v) is 13.6. The summed E-state index contributed by atoms with van der Waals surface area (Å²) < 4.78 is 7.19. The van der Waals surface area contributed by atoms with Crippen molar-refractivity contribution >= 4 is 17.6 Å². The normalized spacial score (nSPS) is 10.4. The van der Waals surface area contributed by atoms with E-state index in [1.165, 1.54) is 0 Å². The summed E-state index contributed by atoms with van der Waals surface area (Å²) in [6.45, 7) is 0.350. The van der Waals surface area contributed by atoms with Gasteiger partial charge in [0.05, 0.1) is 6.61 Å². The van der Waals surface area contributed by atoms with Crippen LogP contribution in [0.3, 0.4) is 0 Å². The Bertz CT molecular complexity index is 679. The lowest BCUT2D eigenvalue weighted by Gasteiger charge is -2.08. The number of hydrogen-bond donors (Lipinski definition) is 2. The van der Waals surface area contributed by atoms with E-state index in [2.05, 4.69) is 10.4 Å². The molecule has 0 fully saturated rings. The molecule has 128 valence electrons. The number of hydrogen-bond acceptors (Lipinski definition) is 4. The number of nitrogens with zero attached hydrogens (tertiary/aromatic N) is 2. The van der Waals surface area contributed by atoms with E-state index in [0.29, 0.717) is 37.3 Å². The number of benzene rings is 1. The first-order valence-corrected chi connectivity index (χ1v) is 7.76. The maximum Gasteiger partial charge on any atom is 0.303 e. The smallest absolute Gasteiger partial charge is 0.303 e. The minimum atomic E-state index is -0.831. The van der Waals surface area contributed by atoms with Crippen LogP contribution in [-0.2, 0) is 23.1 Å². The third-order valence-electron chi connectivity index (χ3n) is 3.47. The molecule has 0 bridgehead atoms. The molecule has 2 aromatic rings. The highest BCUT2D eigenvalue weighted by atomic mass is 16.5. The molecule has 0 aliphatic carbocycles. The molecule has 0 atom stereocenters. The van der Waals surface area contributed by atoms with Gasteiger partial charge in [0.1, 0.15) is 5.75 Å². The lowest BCUT2D eigenvalue weighted by atomic mass is 10.2. The molecule has 2 rings (SSSR count). The number of aryl methyl sites for hydroxylation is 2. The van der Waals surface area contributed by atoms with E-state index in [9.17, 15) is 9.59 Å². The van der Waals surface area contributed by atoms with E-state index in [4.69, 9.17) is 9.84 Å². The molecule has 0 saturated carbocycles. The number of nitrogens with one attached hydrogen (secondary N) is 1. The third-order valence-corrected chi connectivity index (χ3v) is 3.47. The van der Waals surface area contributed by atoms with Gasteiger partial charge in [0.2, 0.25) is 5.91 Å². The van der Waals surface area contributed by atoms with Crippen molar-refractivity contribution in [1.82, 2.24) is 9.78 Å². The van der Waals surface area contributed by atoms with Crippen LogP contribution in [0.25, 0.3) is 0 Å². The molecule has 24 heavy (non-hydrogen) atoms. The lowest BCUT2D eigenvalue weighted by Crippen LogP contribution is -2.13. The van der Waals surface area contributed by atoms with Gasteiger partial charge in [-0.1, -0.05) is 0 Å². The number of aliphatic carboxylic acids is 1. The molecule has 0 unspecified atom stereocenters. The van der Waals surface area contributed by atoms with Gasteiger partial charge in [-0.05, 0) is 43.2 Å². The predicted octanol–water partition coefficient (Wildman–Crippen LogP) is 2.24. The van der Waals surface area contributed by atoms with Crippen LogP contribution in [0, 0.1) is 0 Å². The Morgan fingerprint density at radius 1 is 1.21 bits per heavy atom. The SMILES string of the molecule is Cn1nccc1CCC(=O)Nc1ccc(OCCCC(=O)O)cc1. The molecule has 2 N–H and O–H groups in total. The average molecular weight is 331 g/mol. The van der Waals surface area contributed by atoms with Crippen molar-refractivity contribution in [3.8, 4) is 5.75 Å². The lowest BCUT2D eigenvalue weighted by molar-refractivity contribution is -0.137. The standard InChI is InChI=1S/C17H21N3O4/c1-20-14(10-11-18-20)6-9-16(21)19-13-4-7-15(8-5-13)24-12-2-3-17(22)23/h4-5,7-8,10-11H,2-3,6,9,12H2,1H3,(H,19,21)(H,22,23). The van der Waals surface area contributed by atoms with Gasteiger partial charge in [-0.15, -0.1) is 0 Å². The molecule has 0 saturated heterocycles. The molecule has 0 aliphatic rings. The maximum absolute atomic E-state index is 12.0. The van der Waals surface area contributed by atoms with Crippen molar-refractivity contribution in [1.29, 1.82) is 0 Å². The molecule has 0 spiro atoms. The van der Waals surface area contributed by atoms with Crippen LogP contribution in [0.4, 0.5) is 5.69 Å². The minimum absolute atomic E-state index is 0.0636. The van der Waals surface area contributed by atoms with Crippen molar-refractivity contribution < 1.29 is 19.4 Å². The van der Waals surface area contributed by atoms with Crippen LogP contribution >= 0.6 is 0 Å². The molecular weight excluding hydrogens is 310 g/mol. The molecular formula is C17H21N3O4. The molecule has 1 heterocycles. The van der Waals surface area contributed by atoms with E-state index >= 15 is 0 Å². The van der Waals surface area contributed by atoms with Crippen molar-refractivity contribution in [2.75, 3.05) is 11.9 Å². The number of amides is 1. The summed E-state index contributed by atoms with van der Waals surface area (Å²) >= 11 is 0. The number of rotatable bonds is 9. The van der Waals surface area contributed by atoms with Crippen molar-refractivity contribution in [2.24, 2.45) is 7.05 Å². The molecule has 1 aromatic carbocycles. The van der Waals surface area contributed by atoms with Crippen LogP contribution in [0.5, 0.6) is 5.75 Å². The second-order valence-electron chi connectivity index (χ2n) is 5.36. The van der Waals surface area contributed by atoms with E-state index < -0.39 is 5.97 Å². The Morgan fingerprint density at radius 2 is 1.96 bits per heavy atom. The summed E-state index contributed by atoms with van der Waals surface area (Å²) in [6.07, 6.45) is 3.27. The highest BCUT2D eigenvalue weighted by Gasteiger charge is 2.06. The molecule has 7 nitrogen and oxygen atoms in total. The Kier molecular flexibility index (Phi) is 6.36. The fraction of sp³-hybridized carbons (Fsp3) is 0.353. The molecule has 0 aliphatic heterocycles. The zero-order valence-electron chi connectivity index (χ0n) is 13.6. The minimum Gasteiger partial charge on any atom is -0.494 e. The monoisotopic (exact) mass is 331 g/mol. The van der Waals surface area contributed by atoms with Crippen LogP contribution in [0.2, 0.25) is 0 Å². The number of carbonyl (C=O) groups excluding carboxylic acids is 1. The number of ether oxygens (including phenoxy) is 1. The quantitative estimate of drug-likeness (QED) is 0.687. The van der Waals surface area contributed by atoms with E-state index in [1.807, 2.05) is 13.1 Å². The summed E-state index contributed by atoms with van der Waals surface area (Å²) in [4.78, 5) is 22.4. The van der Waals surface area contributed by atoms with Gasteiger partial charge >= 0.3 is 5.97 Å². The number of carboxylic acid groups (broad SMARTS) is 1. The first kappa shape index (κ1) is 17.5. The van der Waals surface area contributed by atoms with Crippen molar-refractivity contribution in [3.05, 3.63) is 42.2 Å². The Balaban J connectivity index is 1.73. The predicted molar refractivity (Wildman–Crippen MR) is 89.0 cm³/mol. The highest BCUT2D eigenvalue weighted by molar-refractivity contribution is 5.90. The second kappa shape index (κ2) is 8.71. The summed E-state index contributed by atoms with van der Waals surface area (Å²) in [7, 11) is 1.85. The van der Waals surface area contributed by atoms with Gasteiger partial charge in [0, 0.05) is 37.5 Å². The van der Waals surface area contributed by atoms with E-state index in [1.54, 1.807) is 35.1 Å². The number of carbonyl (C=O) groups is 2. The topological polar surface area (TPSA) is 93.5 Å². The Morgan fingerprint density at radius 3 is 2.58 bits per heavy atom. The maximum atomic E-state index is 12.0. The third kappa shape index (κ3) is 5.75. The molecule has 1 aromatic heterocycles. The summed E-state index contributed by atoms with van der Waals surface area (Å²) in [5, 5.41) is 15.4. The average Bonchev–Trinajstić information content (AvgIpc) is 2.96. The summed E-state index contributed by atoms with van der Waals surface area (Å²) in [5.41, 5.74) is 1.71. The Labute approximate surface area is 140 Å². The van der Waals surface area contributed by atoms with E-state index in [-0.39, 0.29) is 12.3 Å². The zero-order chi connectivity index (χ0) is 17.4. The molecule has 0 radical (unpaired) electrons. The van der Waals surface area contributed by atoms with Crippen molar-refractivity contribution in [3.63, 3.8) is 0 Å². The largest absolute Gasteiger partial charge is 0.494 e. The molecule has 1 amide bonds. The molecule has 7 heteroatoms. The number of anilines is 1. The van der Waals surface area contributed by atoms with Crippen LogP contribution in [-0.4, -0.2) is 33.4 Å². The second-order valence-corrected chi connectivity index (χ2v) is 5.36. The fourth-order valence-electron chi connectivity index (χ4n) is 2.16. The van der Waals surface area contributed by atoms with Crippen LogP contribution in [0.15, 0.2) is 36.5 Å². The van der Waals surface area contributed by atoms with Gasteiger partial charge in [-0.3, -0.25) is 14.3 Å². The van der Waals surface area contributed by atoms with Gasteiger partial charge in [-0.25, -0.2) is 0 Å². The first-order valence-electron chi connectivity index (χ1n) is 7.76. The number of carboxylic acids is 1. The highest BCUT2D eigenvalue weighted by Crippen LogP contribution is 2.16. The summed E-state index contributed by atoms with van der Waals surface area (Å²) in [6, 6.07) is 8.90. The van der Waals surface area contributed by atoms with Crippen molar-refractivity contribution in [2.45, 2.75) is 25.7 Å². The van der Waals surface area contributed by atoms with Gasteiger partial charge in [0.25, 0.3) is 0 Å². The summed E-state index contributed by atoms with van der Waals surface area (Å²) in [5.74, 6) is -0.248. The van der Waals surface area contributed by atoms with Gasteiger partial charge in [-0.2, -0.15) is 5.10 Å². The number of aromatic nitrogens is 2. The first-order chi connectivity index (χ1) is 11.5. The van der Waals surface area contributed by atoms with Gasteiger partial charge in [0.15, 0.2) is 0 Å². The fourth-order valence-corrected chi connectivity index (χ4v) is 2.16. The van der Waals surface area contributed by atoms with E-state index in [0.717, 1.165) is 5.69 Å². The van der Waals surface area contributed by atoms with Gasteiger partial charge < -0.3 is 15.2 Å².